The highest BCUT2D eigenvalue weighted by Gasteiger charge is 2.29. The average Bonchev–Trinajstić information content (AvgIpc) is 2.99. The molecule has 5 nitrogen and oxygen atoms in total. The van der Waals surface area contributed by atoms with E-state index in [1.54, 1.807) is 0 Å². The van der Waals surface area contributed by atoms with E-state index < -0.39 is 0 Å². The van der Waals surface area contributed by atoms with Crippen LogP contribution < -0.4 is 14.5 Å². The Morgan fingerprint density at radius 1 is 0.578 bits per heavy atom. The van der Waals surface area contributed by atoms with Gasteiger partial charge in [-0.15, -0.1) is 0 Å². The van der Waals surface area contributed by atoms with E-state index in [0.717, 1.165) is 61.9 Å². The van der Waals surface area contributed by atoms with Crippen LogP contribution in [0.3, 0.4) is 0 Å². The molecule has 0 bridgehead atoms. The Morgan fingerprint density at radius 3 is 1.71 bits per heavy atom. The molecule has 0 unspecified atom stereocenters. The molecule has 4 heterocycles. The summed E-state index contributed by atoms with van der Waals surface area (Å²) in [5.41, 5.74) is 9.18. The fourth-order valence-corrected chi connectivity index (χ4v) is 6.69. The largest absolute Gasteiger partial charge is 0.457 e. The van der Waals surface area contributed by atoms with Crippen molar-refractivity contribution in [3.05, 3.63) is 94.8 Å². The predicted octanol–water partition coefficient (Wildman–Crippen LogP) is 10.3. The molecular formula is C40H50N4O. The van der Waals surface area contributed by atoms with E-state index in [2.05, 4.69) is 127 Å². The Balaban J connectivity index is 1.39. The zero-order valence-corrected chi connectivity index (χ0v) is 28.8. The van der Waals surface area contributed by atoms with Gasteiger partial charge in [0.25, 0.3) is 0 Å². The summed E-state index contributed by atoms with van der Waals surface area (Å²) < 4.78 is 6.78. The van der Waals surface area contributed by atoms with Gasteiger partial charge in [-0.05, 0) is 106 Å². The molecule has 45 heavy (non-hydrogen) atoms. The van der Waals surface area contributed by atoms with E-state index in [9.17, 15) is 0 Å². The lowest BCUT2D eigenvalue weighted by molar-refractivity contribution is 0.476. The van der Waals surface area contributed by atoms with Gasteiger partial charge in [0.15, 0.2) is 0 Å². The van der Waals surface area contributed by atoms with Crippen LogP contribution in [0.4, 0.5) is 23.0 Å². The number of anilines is 4. The van der Waals surface area contributed by atoms with Crippen molar-refractivity contribution in [3.63, 3.8) is 0 Å². The van der Waals surface area contributed by atoms with E-state index in [4.69, 9.17) is 14.7 Å². The van der Waals surface area contributed by atoms with Crippen molar-refractivity contribution in [2.45, 2.75) is 104 Å². The van der Waals surface area contributed by atoms with Crippen LogP contribution in [0.5, 0.6) is 11.5 Å². The molecule has 6 rings (SSSR count). The fourth-order valence-electron chi connectivity index (χ4n) is 6.69. The third-order valence-electron chi connectivity index (χ3n) is 9.29. The van der Waals surface area contributed by atoms with Crippen LogP contribution in [-0.2, 0) is 29.1 Å². The quantitative estimate of drug-likeness (QED) is 0.232. The highest BCUT2D eigenvalue weighted by atomic mass is 16.5. The molecule has 2 aliphatic heterocycles. The number of aryl methyl sites for hydroxylation is 1. The molecular weight excluding hydrogens is 552 g/mol. The highest BCUT2D eigenvalue weighted by molar-refractivity contribution is 5.71. The van der Waals surface area contributed by atoms with Crippen LogP contribution in [0.1, 0.15) is 103 Å². The van der Waals surface area contributed by atoms with Gasteiger partial charge in [0.1, 0.15) is 23.1 Å². The van der Waals surface area contributed by atoms with E-state index in [1.165, 1.54) is 39.2 Å². The highest BCUT2D eigenvalue weighted by Crippen LogP contribution is 2.44. The summed E-state index contributed by atoms with van der Waals surface area (Å²) in [6, 6.07) is 19.9. The first-order chi connectivity index (χ1) is 21.2. The molecule has 0 N–H and O–H groups in total. The van der Waals surface area contributed by atoms with E-state index in [-0.39, 0.29) is 16.2 Å². The Kier molecular flexibility index (Phi) is 7.95. The van der Waals surface area contributed by atoms with Crippen molar-refractivity contribution in [3.8, 4) is 11.5 Å². The molecule has 236 valence electrons. The molecule has 0 amide bonds. The third kappa shape index (κ3) is 6.45. The van der Waals surface area contributed by atoms with Crippen LogP contribution in [0.25, 0.3) is 0 Å². The number of rotatable bonds is 4. The van der Waals surface area contributed by atoms with Crippen LogP contribution >= 0.6 is 0 Å². The van der Waals surface area contributed by atoms with Crippen molar-refractivity contribution in [2.24, 2.45) is 0 Å². The maximum Gasteiger partial charge on any atom is 0.133 e. The second-order valence-corrected chi connectivity index (χ2v) is 15.9. The molecule has 4 aromatic rings. The number of nitrogens with zero attached hydrogens (tertiary/aromatic N) is 4. The minimum absolute atomic E-state index is 0.0243. The Bertz CT molecular complexity index is 1700. The first-order valence-corrected chi connectivity index (χ1v) is 16.6. The molecule has 0 fully saturated rings. The molecule has 0 atom stereocenters. The van der Waals surface area contributed by atoms with Crippen molar-refractivity contribution in [1.82, 2.24) is 9.97 Å². The van der Waals surface area contributed by atoms with Crippen molar-refractivity contribution < 1.29 is 4.74 Å². The molecule has 2 aromatic heterocycles. The standard InChI is InChI=1S/C40H50N4O/c1-38(2,3)28-16-18-41-36(22-28)43-20-10-12-27-14-15-30(25-34(27)43)45-31-24-33(40(7,8)9)32-13-11-21-44(35(32)26-31)37-23-29(17-19-42-37)39(4,5)6/h14-19,22-26H,10-13,20-21H2,1-9H3. The molecule has 0 saturated heterocycles. The lowest BCUT2D eigenvalue weighted by Crippen LogP contribution is -2.28. The van der Waals surface area contributed by atoms with E-state index in [1.807, 2.05) is 12.4 Å². The summed E-state index contributed by atoms with van der Waals surface area (Å²) in [6.07, 6.45) is 8.24. The summed E-state index contributed by atoms with van der Waals surface area (Å²) in [7, 11) is 0. The van der Waals surface area contributed by atoms with Gasteiger partial charge >= 0.3 is 0 Å². The van der Waals surface area contributed by atoms with Crippen molar-refractivity contribution in [2.75, 3.05) is 22.9 Å². The number of aromatic nitrogens is 2. The summed E-state index contributed by atoms with van der Waals surface area (Å²) in [5, 5.41) is 0. The number of fused-ring (bicyclic) bond motifs is 2. The summed E-state index contributed by atoms with van der Waals surface area (Å²) in [5.74, 6) is 3.73. The minimum atomic E-state index is -0.0243. The van der Waals surface area contributed by atoms with E-state index >= 15 is 0 Å². The maximum atomic E-state index is 6.78. The monoisotopic (exact) mass is 602 g/mol. The normalized spacial score (nSPS) is 15.5. The smallest absolute Gasteiger partial charge is 0.133 e. The number of hydrogen-bond acceptors (Lipinski definition) is 5. The van der Waals surface area contributed by atoms with Crippen LogP contribution in [0, 0.1) is 0 Å². The Morgan fingerprint density at radius 2 is 1.13 bits per heavy atom. The molecule has 0 radical (unpaired) electrons. The van der Waals surface area contributed by atoms with Crippen LogP contribution in [0.15, 0.2) is 67.0 Å². The average molecular weight is 603 g/mol. The zero-order valence-electron chi connectivity index (χ0n) is 28.8. The van der Waals surface area contributed by atoms with Crippen LogP contribution in [-0.4, -0.2) is 23.1 Å². The van der Waals surface area contributed by atoms with Gasteiger partial charge in [-0.25, -0.2) is 9.97 Å². The number of hydrogen-bond donors (Lipinski definition) is 0. The van der Waals surface area contributed by atoms with Gasteiger partial charge in [-0.1, -0.05) is 68.4 Å². The van der Waals surface area contributed by atoms with Gasteiger partial charge in [0.2, 0.25) is 0 Å². The molecule has 5 heteroatoms. The second kappa shape index (κ2) is 11.5. The summed E-state index contributed by atoms with van der Waals surface area (Å²) >= 11 is 0. The number of benzene rings is 2. The first-order valence-electron chi connectivity index (χ1n) is 16.6. The summed E-state index contributed by atoms with van der Waals surface area (Å²) in [6.45, 7) is 22.3. The van der Waals surface area contributed by atoms with Gasteiger partial charge in [-0.2, -0.15) is 0 Å². The maximum absolute atomic E-state index is 6.78. The Hall–Kier alpha value is -3.86. The lowest BCUT2D eigenvalue weighted by Gasteiger charge is -2.35. The van der Waals surface area contributed by atoms with Gasteiger partial charge < -0.3 is 14.5 Å². The molecule has 0 aliphatic carbocycles. The topological polar surface area (TPSA) is 41.5 Å². The number of pyridine rings is 2. The summed E-state index contributed by atoms with van der Waals surface area (Å²) in [4.78, 5) is 14.4. The number of ether oxygens (including phenoxy) is 1. The molecule has 2 aromatic carbocycles. The van der Waals surface area contributed by atoms with E-state index in [0.29, 0.717) is 0 Å². The van der Waals surface area contributed by atoms with Gasteiger partial charge in [0, 0.05) is 49.0 Å². The van der Waals surface area contributed by atoms with Crippen molar-refractivity contribution in [1.29, 1.82) is 0 Å². The first kappa shape index (κ1) is 31.1. The molecule has 0 spiro atoms. The second-order valence-electron chi connectivity index (χ2n) is 15.9. The molecule has 2 aliphatic rings. The Labute approximate surface area is 270 Å². The minimum Gasteiger partial charge on any atom is -0.457 e. The van der Waals surface area contributed by atoms with Crippen LogP contribution in [0.2, 0.25) is 0 Å². The zero-order chi connectivity index (χ0) is 32.1. The predicted molar refractivity (Wildman–Crippen MR) is 188 cm³/mol. The fraction of sp³-hybridized carbons (Fsp3) is 0.450. The lowest BCUT2D eigenvalue weighted by atomic mass is 9.80. The van der Waals surface area contributed by atoms with Crippen molar-refractivity contribution >= 4 is 23.0 Å². The SMILES string of the molecule is CC(C)(C)c1ccnc(N2CCCc3ccc(Oc4cc5c(c(C(C)(C)C)c4)CCCN5c4cc(C(C)(C)C)ccn4)cc32)c1. The third-order valence-corrected chi connectivity index (χ3v) is 9.29. The molecule has 0 saturated carbocycles. The van der Waals surface area contributed by atoms with Gasteiger partial charge in [-0.3, -0.25) is 0 Å². The van der Waals surface area contributed by atoms with Gasteiger partial charge in [0.05, 0.1) is 0 Å².